The van der Waals surface area contributed by atoms with E-state index in [1.165, 1.54) is 19.9 Å². The summed E-state index contributed by atoms with van der Waals surface area (Å²) in [4.78, 5) is 10.3. The third-order valence-corrected chi connectivity index (χ3v) is 2.98. The fraction of sp³-hybridized carbons (Fsp3) is 0.571. The fourth-order valence-electron chi connectivity index (χ4n) is 0.547. The van der Waals surface area contributed by atoms with Gasteiger partial charge in [0.15, 0.2) is 9.84 Å². The van der Waals surface area contributed by atoms with Crippen molar-refractivity contribution in [2.45, 2.75) is 19.1 Å². The minimum atomic E-state index is -3.17. The van der Waals surface area contributed by atoms with Gasteiger partial charge < -0.3 is 5.11 Å². The topological polar surface area (TPSA) is 71.4 Å². The second kappa shape index (κ2) is 3.71. The van der Waals surface area contributed by atoms with E-state index < -0.39 is 21.1 Å². The first-order valence-corrected chi connectivity index (χ1v) is 5.31. The first-order chi connectivity index (χ1) is 5.25. The quantitative estimate of drug-likeness (QED) is 0.659. The number of carboxylic acid groups (broad SMARTS) is 1. The summed E-state index contributed by atoms with van der Waals surface area (Å²) >= 11 is 0. The van der Waals surface area contributed by atoms with Crippen LogP contribution in [0.4, 0.5) is 0 Å². The van der Waals surface area contributed by atoms with Gasteiger partial charge in [-0.05, 0) is 13.8 Å². The van der Waals surface area contributed by atoms with Crippen molar-refractivity contribution in [1.29, 1.82) is 0 Å². The maximum Gasteiger partial charge on any atom is 0.330 e. The van der Waals surface area contributed by atoms with Crippen molar-refractivity contribution in [1.82, 2.24) is 0 Å². The normalized spacial score (nSPS) is 15.8. The molecule has 1 unspecified atom stereocenters. The second-order valence-corrected chi connectivity index (χ2v) is 5.09. The van der Waals surface area contributed by atoms with Gasteiger partial charge >= 0.3 is 5.97 Å². The van der Waals surface area contributed by atoms with E-state index in [4.69, 9.17) is 5.11 Å². The number of carbonyl (C=O) groups is 1. The molecule has 0 aliphatic rings. The molecule has 0 aromatic carbocycles. The number of carboxylic acids is 1. The number of hydrogen-bond donors (Lipinski definition) is 1. The Bertz CT molecular complexity index is 299. The molecule has 0 aromatic heterocycles. The van der Waals surface area contributed by atoms with Gasteiger partial charge in [-0.1, -0.05) is 6.08 Å². The van der Waals surface area contributed by atoms with Crippen molar-refractivity contribution in [2.75, 3.05) is 6.26 Å². The van der Waals surface area contributed by atoms with Crippen LogP contribution in [0.3, 0.4) is 0 Å². The SMILES string of the molecule is CC(=CC(C)S(C)(=O)=O)C(=O)O. The number of rotatable bonds is 3. The lowest BCUT2D eigenvalue weighted by molar-refractivity contribution is -0.132. The highest BCUT2D eigenvalue weighted by Gasteiger charge is 2.13. The number of sulfone groups is 1. The van der Waals surface area contributed by atoms with Crippen LogP contribution in [-0.2, 0) is 14.6 Å². The van der Waals surface area contributed by atoms with Crippen LogP contribution in [0, 0.1) is 0 Å². The van der Waals surface area contributed by atoms with Crippen LogP contribution >= 0.6 is 0 Å². The molecule has 1 N–H and O–H groups in total. The van der Waals surface area contributed by atoms with Crippen molar-refractivity contribution < 1.29 is 18.3 Å². The van der Waals surface area contributed by atoms with Crippen LogP contribution < -0.4 is 0 Å². The van der Waals surface area contributed by atoms with Crippen LogP contribution in [0.15, 0.2) is 11.6 Å². The Morgan fingerprint density at radius 3 is 2.17 bits per heavy atom. The van der Waals surface area contributed by atoms with E-state index in [2.05, 4.69) is 0 Å². The summed E-state index contributed by atoms with van der Waals surface area (Å²) in [5.41, 5.74) is 0.0490. The zero-order chi connectivity index (χ0) is 9.94. The standard InChI is InChI=1S/C7H12O4S/c1-5(7(8)9)4-6(2)12(3,10)11/h4,6H,1-3H3,(H,8,9). The average Bonchev–Trinajstić information content (AvgIpc) is 1.85. The van der Waals surface area contributed by atoms with Crippen molar-refractivity contribution in [3.05, 3.63) is 11.6 Å². The lowest BCUT2D eigenvalue weighted by atomic mass is 10.2. The second-order valence-electron chi connectivity index (χ2n) is 2.69. The molecular weight excluding hydrogens is 180 g/mol. The summed E-state index contributed by atoms with van der Waals surface area (Å²) in [6.07, 6.45) is 2.29. The summed E-state index contributed by atoms with van der Waals surface area (Å²) in [7, 11) is -3.17. The Kier molecular flexibility index (Phi) is 3.45. The molecule has 0 fully saturated rings. The van der Waals surface area contributed by atoms with E-state index in [9.17, 15) is 13.2 Å². The Hall–Kier alpha value is -0.840. The van der Waals surface area contributed by atoms with Gasteiger partial charge in [-0.25, -0.2) is 13.2 Å². The molecule has 0 bridgehead atoms. The highest BCUT2D eigenvalue weighted by Crippen LogP contribution is 2.03. The zero-order valence-electron chi connectivity index (χ0n) is 7.23. The van der Waals surface area contributed by atoms with Gasteiger partial charge in [0.05, 0.1) is 5.25 Å². The first-order valence-electron chi connectivity index (χ1n) is 3.35. The third-order valence-electron chi connectivity index (χ3n) is 1.50. The van der Waals surface area contributed by atoms with Crippen LogP contribution in [0.25, 0.3) is 0 Å². The summed E-state index contributed by atoms with van der Waals surface area (Å²) in [6.45, 7) is 2.81. The molecule has 0 saturated heterocycles. The van der Waals surface area contributed by atoms with Gasteiger partial charge in [0.1, 0.15) is 0 Å². The molecule has 0 radical (unpaired) electrons. The van der Waals surface area contributed by atoms with E-state index in [-0.39, 0.29) is 5.57 Å². The molecule has 0 rings (SSSR count). The predicted octanol–water partition coefficient (Wildman–Crippen LogP) is 0.450. The summed E-state index contributed by atoms with van der Waals surface area (Å²) in [6, 6.07) is 0. The van der Waals surface area contributed by atoms with Gasteiger partial charge in [-0.3, -0.25) is 0 Å². The van der Waals surface area contributed by atoms with Crippen LogP contribution in [0.2, 0.25) is 0 Å². The Morgan fingerprint density at radius 2 is 1.92 bits per heavy atom. The molecule has 0 aliphatic carbocycles. The minimum absolute atomic E-state index is 0.0490. The molecule has 0 aliphatic heterocycles. The molecule has 1 atom stereocenters. The molecular formula is C7H12O4S. The van der Waals surface area contributed by atoms with E-state index >= 15 is 0 Å². The Balaban J connectivity index is 4.68. The van der Waals surface area contributed by atoms with Crippen LogP contribution in [-0.4, -0.2) is 31.0 Å². The van der Waals surface area contributed by atoms with Crippen molar-refractivity contribution in [2.24, 2.45) is 0 Å². The van der Waals surface area contributed by atoms with Crippen molar-refractivity contribution in [3.63, 3.8) is 0 Å². The minimum Gasteiger partial charge on any atom is -0.478 e. The van der Waals surface area contributed by atoms with E-state index in [1.807, 2.05) is 0 Å². The molecule has 0 saturated carbocycles. The third kappa shape index (κ3) is 3.52. The maximum absolute atomic E-state index is 10.9. The highest BCUT2D eigenvalue weighted by atomic mass is 32.2. The van der Waals surface area contributed by atoms with Gasteiger partial charge in [-0.2, -0.15) is 0 Å². The molecule has 4 nitrogen and oxygen atoms in total. The average molecular weight is 192 g/mol. The van der Waals surface area contributed by atoms with Gasteiger partial charge in [0.2, 0.25) is 0 Å². The lowest BCUT2D eigenvalue weighted by Crippen LogP contribution is -2.14. The maximum atomic E-state index is 10.9. The van der Waals surface area contributed by atoms with E-state index in [0.717, 1.165) is 6.26 Å². The van der Waals surface area contributed by atoms with Gasteiger partial charge in [0, 0.05) is 11.8 Å². The smallest absolute Gasteiger partial charge is 0.330 e. The zero-order valence-corrected chi connectivity index (χ0v) is 8.05. The van der Waals surface area contributed by atoms with Crippen LogP contribution in [0.1, 0.15) is 13.8 Å². The molecule has 0 spiro atoms. The van der Waals surface area contributed by atoms with E-state index in [0.29, 0.717) is 0 Å². The molecule has 12 heavy (non-hydrogen) atoms. The first kappa shape index (κ1) is 11.2. The van der Waals surface area contributed by atoms with E-state index in [1.54, 1.807) is 0 Å². The van der Waals surface area contributed by atoms with Gasteiger partial charge in [0.25, 0.3) is 0 Å². The Labute approximate surface area is 71.8 Å². The lowest BCUT2D eigenvalue weighted by Gasteiger charge is -2.03. The van der Waals surface area contributed by atoms with Crippen molar-refractivity contribution >= 4 is 15.8 Å². The summed E-state index contributed by atoms with van der Waals surface area (Å²) in [5, 5.41) is 7.69. The van der Waals surface area contributed by atoms with Crippen LogP contribution in [0.5, 0.6) is 0 Å². The summed E-state index contributed by atoms with van der Waals surface area (Å²) in [5.74, 6) is -1.09. The Morgan fingerprint density at radius 1 is 1.50 bits per heavy atom. The largest absolute Gasteiger partial charge is 0.478 e. The summed E-state index contributed by atoms with van der Waals surface area (Å²) < 4.78 is 21.7. The molecule has 5 heteroatoms. The van der Waals surface area contributed by atoms with Gasteiger partial charge in [-0.15, -0.1) is 0 Å². The molecule has 0 aromatic rings. The molecule has 0 amide bonds. The number of hydrogen-bond acceptors (Lipinski definition) is 3. The fourth-order valence-corrected chi connectivity index (χ4v) is 0.998. The number of aliphatic carboxylic acids is 1. The monoisotopic (exact) mass is 192 g/mol. The predicted molar refractivity (Wildman–Crippen MR) is 45.7 cm³/mol. The molecule has 0 heterocycles. The van der Waals surface area contributed by atoms with Crippen molar-refractivity contribution in [3.8, 4) is 0 Å². The molecule has 70 valence electrons. The highest BCUT2D eigenvalue weighted by molar-refractivity contribution is 7.91.